The van der Waals surface area contributed by atoms with Crippen LogP contribution in [0.15, 0.2) is 60.7 Å². The van der Waals surface area contributed by atoms with Crippen LogP contribution in [-0.2, 0) is 39.7 Å². The predicted molar refractivity (Wildman–Crippen MR) is 218 cm³/mol. The summed E-state index contributed by atoms with van der Waals surface area (Å²) in [5.74, 6) is -8.29. The molecule has 0 saturated heterocycles. The Morgan fingerprint density at radius 2 is 1.20 bits per heavy atom. The lowest BCUT2D eigenvalue weighted by Crippen LogP contribution is -2.70. The second-order valence-electron chi connectivity index (χ2n) is 19.6. The minimum Gasteiger partial charge on any atom is -0.456 e. The number of fused-ring (bicyclic) bond motifs is 5. The minimum atomic E-state index is -5.44. The van der Waals surface area contributed by atoms with E-state index in [0.29, 0.717) is 33.5 Å². The molecule has 0 aromatic heterocycles. The summed E-state index contributed by atoms with van der Waals surface area (Å²) in [6, 6.07) is 11.9. The molecule has 4 aliphatic rings. The highest BCUT2D eigenvalue weighted by atomic mass is 19.4. The van der Waals surface area contributed by atoms with Gasteiger partial charge in [0.25, 0.3) is 11.2 Å². The smallest absolute Gasteiger partial charge is 0.432 e. The van der Waals surface area contributed by atoms with Gasteiger partial charge in [-0.2, -0.15) is 26.3 Å². The summed E-state index contributed by atoms with van der Waals surface area (Å²) >= 11 is 0. The van der Waals surface area contributed by atoms with E-state index >= 15 is 26.3 Å². The van der Waals surface area contributed by atoms with Crippen molar-refractivity contribution in [3.8, 4) is 0 Å². The second kappa shape index (κ2) is 17.7. The number of alkyl halides is 6. The Hall–Kier alpha value is -3.32. The van der Waals surface area contributed by atoms with Gasteiger partial charge in [-0.1, -0.05) is 95.3 Å². The Morgan fingerprint density at radius 1 is 0.719 bits per heavy atom. The number of hydrogen-bond donors (Lipinski definition) is 5. The summed E-state index contributed by atoms with van der Waals surface area (Å²) in [6.45, 7) is 8.32. The lowest BCUT2D eigenvalue weighted by Gasteiger charge is -2.66. The molecule has 5 N–H and O–H groups in total. The molecule has 0 heterocycles. The van der Waals surface area contributed by atoms with Crippen LogP contribution in [0.3, 0.4) is 0 Å². The topological polar surface area (TPSA) is 172 Å². The number of methoxy groups -OCH3 is 2. The van der Waals surface area contributed by atoms with Gasteiger partial charge in [0.05, 0.1) is 30.0 Å². The number of hydrogen-bond acceptors (Lipinski definition) is 11. The summed E-state index contributed by atoms with van der Waals surface area (Å²) < 4.78 is 113. The normalized spacial score (nSPS) is 36.3. The van der Waals surface area contributed by atoms with Crippen LogP contribution < -0.4 is 0 Å². The molecule has 0 amide bonds. The molecule has 2 aromatic carbocycles. The third-order valence-corrected chi connectivity index (χ3v) is 16.0. The molecular weight excluding hydrogens is 854 g/mol. The first-order chi connectivity index (χ1) is 29.7. The van der Waals surface area contributed by atoms with Crippen LogP contribution in [0, 0.1) is 46.3 Å². The molecule has 0 radical (unpaired) electrons. The van der Waals surface area contributed by atoms with Crippen LogP contribution in [-0.4, -0.2) is 106 Å². The fourth-order valence-corrected chi connectivity index (χ4v) is 13.1. The lowest BCUT2D eigenvalue weighted by molar-refractivity contribution is -0.287. The third kappa shape index (κ3) is 7.85. The third-order valence-electron chi connectivity index (χ3n) is 16.0. The number of aliphatic hydroxyl groups excluding tert-OH is 4. The van der Waals surface area contributed by atoms with Crippen molar-refractivity contribution in [1.29, 1.82) is 0 Å². The molecule has 0 aliphatic heterocycles. The maximum atomic E-state index is 15.3. The van der Waals surface area contributed by atoms with E-state index < -0.39 is 135 Å². The standard InChI is InChI=1S/C47H62F6O11/c1-25(2)37(64-40(59)45(62-7,47(51,52)53)28-16-12-9-13-17-28)33(63-39(58)44(61-6,46(48,49)50)27-14-10-8-11-15-27)22-26(3)29-23-31(55)38-41(29,4)21-19-34-42(5)20-18-30(54)36(57)35(42)32(56)24-43(34,38)60/h8-17,25-26,29-38,54-57,60H,18-24H2,1-7H3/t26-,29-,30+,31-,32?,33-,34-,35?,36+,37+,38-,41-,42-,43+,44-,45-/m1/s1. The van der Waals surface area contributed by atoms with Crippen LogP contribution in [0.25, 0.3) is 0 Å². The monoisotopic (exact) mass is 916 g/mol. The highest BCUT2D eigenvalue weighted by Gasteiger charge is 2.72. The first-order valence-electron chi connectivity index (χ1n) is 21.9. The Labute approximate surface area is 369 Å². The fourth-order valence-electron chi connectivity index (χ4n) is 13.1. The molecule has 64 heavy (non-hydrogen) atoms. The highest BCUT2D eigenvalue weighted by Crippen LogP contribution is 2.70. The zero-order valence-corrected chi connectivity index (χ0v) is 37.1. The molecule has 2 aromatic rings. The van der Waals surface area contributed by atoms with Crippen LogP contribution >= 0.6 is 0 Å². The molecule has 11 nitrogen and oxygen atoms in total. The molecule has 358 valence electrons. The number of esters is 2. The number of aliphatic hydroxyl groups is 5. The van der Waals surface area contributed by atoms with Crippen molar-refractivity contribution >= 4 is 11.9 Å². The fraction of sp³-hybridized carbons (Fsp3) is 0.702. The molecular formula is C47H62F6O11. The van der Waals surface area contributed by atoms with E-state index in [1.54, 1.807) is 6.92 Å². The van der Waals surface area contributed by atoms with E-state index in [9.17, 15) is 35.1 Å². The van der Waals surface area contributed by atoms with Crippen molar-refractivity contribution in [1.82, 2.24) is 0 Å². The number of ether oxygens (including phenoxy) is 4. The zero-order valence-electron chi connectivity index (χ0n) is 37.1. The first-order valence-corrected chi connectivity index (χ1v) is 21.9. The van der Waals surface area contributed by atoms with E-state index in [4.69, 9.17) is 18.9 Å². The summed E-state index contributed by atoms with van der Waals surface area (Å²) in [5.41, 5.74) is -12.1. The van der Waals surface area contributed by atoms with Gasteiger partial charge in [-0.15, -0.1) is 0 Å². The molecule has 4 aliphatic carbocycles. The first kappa shape index (κ1) is 50.1. The van der Waals surface area contributed by atoms with E-state index in [-0.39, 0.29) is 25.7 Å². The summed E-state index contributed by atoms with van der Waals surface area (Å²) in [7, 11) is 1.33. The van der Waals surface area contributed by atoms with Gasteiger partial charge in [0.2, 0.25) is 0 Å². The Kier molecular flexibility index (Phi) is 13.9. The zero-order chi connectivity index (χ0) is 47.6. The van der Waals surface area contributed by atoms with Crippen molar-refractivity contribution in [2.45, 2.75) is 145 Å². The quantitative estimate of drug-likeness (QED) is 0.106. The highest BCUT2D eigenvalue weighted by molar-refractivity contribution is 5.84. The van der Waals surface area contributed by atoms with Gasteiger partial charge >= 0.3 is 24.3 Å². The second-order valence-corrected chi connectivity index (χ2v) is 19.6. The molecule has 4 saturated carbocycles. The summed E-state index contributed by atoms with van der Waals surface area (Å²) in [4.78, 5) is 28.5. The van der Waals surface area contributed by atoms with Gasteiger partial charge < -0.3 is 44.5 Å². The number of halogens is 6. The van der Waals surface area contributed by atoms with Gasteiger partial charge in [0.15, 0.2) is 0 Å². The van der Waals surface area contributed by atoms with Gasteiger partial charge in [-0.05, 0) is 73.0 Å². The van der Waals surface area contributed by atoms with Gasteiger partial charge in [-0.3, -0.25) is 0 Å². The average molecular weight is 917 g/mol. The maximum absolute atomic E-state index is 15.3. The number of benzene rings is 2. The van der Waals surface area contributed by atoms with E-state index in [0.717, 1.165) is 24.3 Å². The van der Waals surface area contributed by atoms with E-state index in [1.165, 1.54) is 50.2 Å². The molecule has 0 bridgehead atoms. The summed E-state index contributed by atoms with van der Waals surface area (Å²) in [6.07, 6.45) is -18.3. The van der Waals surface area contributed by atoms with Crippen molar-refractivity contribution in [2.75, 3.05) is 14.2 Å². The largest absolute Gasteiger partial charge is 0.456 e. The lowest BCUT2D eigenvalue weighted by atomic mass is 9.41. The molecule has 4 fully saturated rings. The van der Waals surface area contributed by atoms with Crippen molar-refractivity contribution in [3.63, 3.8) is 0 Å². The molecule has 16 atom stereocenters. The Bertz CT molecular complexity index is 1950. The summed E-state index contributed by atoms with van der Waals surface area (Å²) in [5, 5.41) is 58.0. The van der Waals surface area contributed by atoms with Crippen LogP contribution in [0.2, 0.25) is 0 Å². The van der Waals surface area contributed by atoms with Crippen molar-refractivity contribution in [2.24, 2.45) is 46.3 Å². The number of rotatable bonds is 13. The number of carbonyl (C=O) groups is 2. The van der Waals surface area contributed by atoms with Gasteiger partial charge in [-0.25, -0.2) is 9.59 Å². The van der Waals surface area contributed by atoms with Crippen LogP contribution in [0.1, 0.15) is 90.7 Å². The van der Waals surface area contributed by atoms with Crippen molar-refractivity contribution < 1.29 is 80.4 Å². The van der Waals surface area contributed by atoms with E-state index in [2.05, 4.69) is 0 Å². The molecule has 6 rings (SSSR count). The Balaban J connectivity index is 1.40. The molecule has 17 heteroatoms. The van der Waals surface area contributed by atoms with Crippen LogP contribution in [0.4, 0.5) is 26.3 Å². The Morgan fingerprint density at radius 3 is 1.67 bits per heavy atom. The maximum Gasteiger partial charge on any atom is 0.432 e. The number of carbonyl (C=O) groups excluding carboxylic acids is 2. The minimum absolute atomic E-state index is 0.0468. The average Bonchev–Trinajstić information content (AvgIpc) is 3.49. The van der Waals surface area contributed by atoms with Gasteiger partial charge in [0, 0.05) is 43.6 Å². The molecule has 0 spiro atoms. The van der Waals surface area contributed by atoms with Gasteiger partial charge in [0.1, 0.15) is 12.2 Å². The van der Waals surface area contributed by atoms with Crippen LogP contribution in [0.5, 0.6) is 0 Å². The molecule has 2 unspecified atom stereocenters. The van der Waals surface area contributed by atoms with E-state index in [1.807, 2.05) is 13.8 Å². The SMILES string of the molecule is CO[C@@](C(=O)O[C@H](C[C@@H](C)[C@H]1C[C@@H](O)[C@@H]2[C@]1(C)CC[C@H]1[C@@]2(O)CC(O)C2[C@@H](O)[C@@H](O)CC[C@@]21C)[C@@H](OC(=O)[C@](OC)(c1ccccc1)C(F)(F)F)C(C)C)(c1ccccc1)C(F)(F)F. The predicted octanol–water partition coefficient (Wildman–Crippen LogP) is 6.75. The van der Waals surface area contributed by atoms with Crippen molar-refractivity contribution in [3.05, 3.63) is 71.8 Å².